The first-order valence-electron chi connectivity index (χ1n) is 4.73. The minimum Gasteiger partial charge on any atom is -0.313 e. The Morgan fingerprint density at radius 3 is 2.67 bits per heavy atom. The Labute approximate surface area is 76.6 Å². The van der Waals surface area contributed by atoms with Crippen molar-refractivity contribution in [2.45, 2.75) is 32.6 Å². The minimum atomic E-state index is 0.960. The molecule has 1 heteroatoms. The smallest absolute Gasteiger partial charge is 0.0159 e. The zero-order valence-electron chi connectivity index (χ0n) is 8.23. The van der Waals surface area contributed by atoms with Crippen LogP contribution < -0.4 is 5.32 Å². The number of rotatable bonds is 8. The lowest BCUT2D eigenvalue weighted by Gasteiger charge is -2.02. The highest BCUT2D eigenvalue weighted by Crippen LogP contribution is 1.98. The van der Waals surface area contributed by atoms with Crippen LogP contribution in [0.2, 0.25) is 0 Å². The fourth-order valence-corrected chi connectivity index (χ4v) is 1.02. The van der Waals surface area contributed by atoms with Crippen LogP contribution in [-0.4, -0.2) is 13.1 Å². The molecule has 1 N–H and O–H groups in total. The molecule has 0 rings (SSSR count). The van der Waals surface area contributed by atoms with Crippen LogP contribution in [0.4, 0.5) is 0 Å². The van der Waals surface area contributed by atoms with E-state index in [-0.39, 0.29) is 0 Å². The molecule has 0 aliphatic heterocycles. The van der Waals surface area contributed by atoms with Gasteiger partial charge in [-0.15, -0.1) is 6.58 Å². The SMILES string of the molecule is C=CCCCCCNCC(=C)C. The maximum absolute atomic E-state index is 3.83. The molecule has 0 aromatic rings. The van der Waals surface area contributed by atoms with Gasteiger partial charge in [0, 0.05) is 6.54 Å². The molecule has 0 bridgehead atoms. The summed E-state index contributed by atoms with van der Waals surface area (Å²) in [4.78, 5) is 0. The maximum Gasteiger partial charge on any atom is 0.0159 e. The summed E-state index contributed by atoms with van der Waals surface area (Å²) in [5.41, 5.74) is 1.21. The van der Waals surface area contributed by atoms with Crippen LogP contribution in [0.1, 0.15) is 32.6 Å². The van der Waals surface area contributed by atoms with Crippen molar-refractivity contribution in [3.63, 3.8) is 0 Å². The molecule has 0 aliphatic rings. The summed E-state index contributed by atoms with van der Waals surface area (Å²) in [6, 6.07) is 0. The average Bonchev–Trinajstić information content (AvgIpc) is 2.02. The number of hydrogen-bond donors (Lipinski definition) is 1. The molecule has 0 spiro atoms. The molecular weight excluding hydrogens is 146 g/mol. The van der Waals surface area contributed by atoms with Gasteiger partial charge in [0.25, 0.3) is 0 Å². The molecule has 0 amide bonds. The van der Waals surface area contributed by atoms with E-state index in [2.05, 4.69) is 18.5 Å². The van der Waals surface area contributed by atoms with Crippen LogP contribution in [0.3, 0.4) is 0 Å². The monoisotopic (exact) mass is 167 g/mol. The van der Waals surface area contributed by atoms with E-state index >= 15 is 0 Å². The van der Waals surface area contributed by atoms with Crippen molar-refractivity contribution in [1.82, 2.24) is 5.32 Å². The third kappa shape index (κ3) is 9.44. The molecule has 0 aliphatic carbocycles. The van der Waals surface area contributed by atoms with Gasteiger partial charge in [-0.3, -0.25) is 0 Å². The first-order chi connectivity index (χ1) is 5.77. The standard InChI is InChI=1S/C11H21N/c1-4-5-6-7-8-9-12-10-11(2)3/h4,12H,1-2,5-10H2,3H3. The van der Waals surface area contributed by atoms with E-state index in [0.29, 0.717) is 0 Å². The molecular formula is C11H21N. The van der Waals surface area contributed by atoms with Gasteiger partial charge in [0.1, 0.15) is 0 Å². The van der Waals surface area contributed by atoms with Gasteiger partial charge in [0.2, 0.25) is 0 Å². The summed E-state index contributed by atoms with van der Waals surface area (Å²) < 4.78 is 0. The molecule has 0 aromatic carbocycles. The first-order valence-corrected chi connectivity index (χ1v) is 4.73. The zero-order valence-corrected chi connectivity index (χ0v) is 8.23. The van der Waals surface area contributed by atoms with Gasteiger partial charge < -0.3 is 5.32 Å². The third-order valence-electron chi connectivity index (χ3n) is 1.69. The molecule has 0 unspecified atom stereocenters. The van der Waals surface area contributed by atoms with Crippen molar-refractivity contribution in [2.24, 2.45) is 0 Å². The Morgan fingerprint density at radius 2 is 2.08 bits per heavy atom. The second-order valence-corrected chi connectivity index (χ2v) is 3.27. The molecule has 1 nitrogen and oxygen atoms in total. The fraction of sp³-hybridized carbons (Fsp3) is 0.636. The molecule has 0 saturated heterocycles. The van der Waals surface area contributed by atoms with Crippen LogP contribution in [0.15, 0.2) is 24.8 Å². The van der Waals surface area contributed by atoms with Crippen molar-refractivity contribution >= 4 is 0 Å². The Morgan fingerprint density at radius 1 is 1.33 bits per heavy atom. The van der Waals surface area contributed by atoms with E-state index in [1.54, 1.807) is 0 Å². The molecule has 0 radical (unpaired) electrons. The average molecular weight is 167 g/mol. The Balaban J connectivity index is 2.90. The van der Waals surface area contributed by atoms with Crippen LogP contribution in [-0.2, 0) is 0 Å². The number of unbranched alkanes of at least 4 members (excludes halogenated alkanes) is 3. The van der Waals surface area contributed by atoms with Crippen LogP contribution >= 0.6 is 0 Å². The lowest BCUT2D eigenvalue weighted by molar-refractivity contribution is 0.626. The summed E-state index contributed by atoms with van der Waals surface area (Å²) >= 11 is 0. The van der Waals surface area contributed by atoms with Gasteiger partial charge >= 0.3 is 0 Å². The Kier molecular flexibility index (Phi) is 8.14. The van der Waals surface area contributed by atoms with Gasteiger partial charge in [-0.2, -0.15) is 0 Å². The molecule has 0 heterocycles. The normalized spacial score (nSPS) is 9.75. The zero-order chi connectivity index (χ0) is 9.23. The maximum atomic E-state index is 3.83. The summed E-state index contributed by atoms with van der Waals surface area (Å²) in [5.74, 6) is 0. The summed E-state index contributed by atoms with van der Waals surface area (Å²) in [6.45, 7) is 11.6. The van der Waals surface area contributed by atoms with Crippen molar-refractivity contribution in [2.75, 3.05) is 13.1 Å². The van der Waals surface area contributed by atoms with E-state index in [1.807, 2.05) is 13.0 Å². The minimum absolute atomic E-state index is 0.960. The number of nitrogens with one attached hydrogen (secondary N) is 1. The van der Waals surface area contributed by atoms with Crippen LogP contribution in [0.5, 0.6) is 0 Å². The van der Waals surface area contributed by atoms with E-state index in [1.165, 1.54) is 24.8 Å². The van der Waals surface area contributed by atoms with E-state index < -0.39 is 0 Å². The van der Waals surface area contributed by atoms with Crippen molar-refractivity contribution in [3.8, 4) is 0 Å². The van der Waals surface area contributed by atoms with Gasteiger partial charge in [0.05, 0.1) is 0 Å². The highest BCUT2D eigenvalue weighted by atomic mass is 14.8. The van der Waals surface area contributed by atoms with Gasteiger partial charge in [0.15, 0.2) is 0 Å². The number of allylic oxidation sites excluding steroid dienone is 1. The molecule has 0 atom stereocenters. The van der Waals surface area contributed by atoms with Crippen LogP contribution in [0.25, 0.3) is 0 Å². The van der Waals surface area contributed by atoms with Gasteiger partial charge in [-0.05, 0) is 32.7 Å². The third-order valence-corrected chi connectivity index (χ3v) is 1.69. The molecule has 0 saturated carbocycles. The van der Waals surface area contributed by atoms with E-state index in [4.69, 9.17) is 0 Å². The van der Waals surface area contributed by atoms with E-state index in [9.17, 15) is 0 Å². The topological polar surface area (TPSA) is 12.0 Å². The number of hydrogen-bond acceptors (Lipinski definition) is 1. The fourth-order valence-electron chi connectivity index (χ4n) is 1.02. The summed E-state index contributed by atoms with van der Waals surface area (Å²) in [5, 5.41) is 3.34. The lowest BCUT2D eigenvalue weighted by Crippen LogP contribution is -2.16. The summed E-state index contributed by atoms with van der Waals surface area (Å²) in [6.07, 6.45) is 6.98. The molecule has 0 aromatic heterocycles. The van der Waals surface area contributed by atoms with Gasteiger partial charge in [-0.1, -0.05) is 24.6 Å². The van der Waals surface area contributed by atoms with Crippen molar-refractivity contribution in [3.05, 3.63) is 24.8 Å². The molecule has 12 heavy (non-hydrogen) atoms. The molecule has 70 valence electrons. The second kappa shape index (κ2) is 8.54. The second-order valence-electron chi connectivity index (χ2n) is 3.27. The first kappa shape index (κ1) is 11.4. The van der Waals surface area contributed by atoms with E-state index in [0.717, 1.165) is 19.5 Å². The van der Waals surface area contributed by atoms with Crippen molar-refractivity contribution < 1.29 is 0 Å². The highest BCUT2D eigenvalue weighted by Gasteiger charge is 1.88. The Bertz CT molecular complexity index is 127. The highest BCUT2D eigenvalue weighted by molar-refractivity contribution is 4.90. The van der Waals surface area contributed by atoms with Crippen LogP contribution in [0, 0.1) is 0 Å². The largest absolute Gasteiger partial charge is 0.313 e. The predicted octanol–water partition coefficient (Wildman–Crippen LogP) is 2.90. The Hall–Kier alpha value is -0.560. The lowest BCUT2D eigenvalue weighted by atomic mass is 10.2. The quantitative estimate of drug-likeness (QED) is 0.433. The molecule has 0 fully saturated rings. The predicted molar refractivity (Wildman–Crippen MR) is 56.3 cm³/mol. The van der Waals surface area contributed by atoms with Crippen molar-refractivity contribution in [1.29, 1.82) is 0 Å². The summed E-state index contributed by atoms with van der Waals surface area (Å²) in [7, 11) is 0. The van der Waals surface area contributed by atoms with Gasteiger partial charge in [-0.25, -0.2) is 0 Å².